The van der Waals surface area contributed by atoms with Crippen LogP contribution < -0.4 is 25.2 Å². The molecule has 3 heterocycles. The number of amides is 2. The molecule has 0 aliphatic rings. The number of thiol groups is 1. The first kappa shape index (κ1) is 27.8. The molecule has 4 aromatic rings. The van der Waals surface area contributed by atoms with Gasteiger partial charge in [-0.25, -0.2) is 19.1 Å². The summed E-state index contributed by atoms with van der Waals surface area (Å²) in [5.74, 6) is 2.36. The highest BCUT2D eigenvalue weighted by molar-refractivity contribution is 7.82. The molecule has 0 aliphatic carbocycles. The number of aromatic amines is 1. The first-order chi connectivity index (χ1) is 18.4. The number of nitrogens with zero attached hydrogens (tertiary/aromatic N) is 6. The van der Waals surface area contributed by atoms with E-state index in [1.165, 1.54) is 18.3 Å². The van der Waals surface area contributed by atoms with Gasteiger partial charge in [0.1, 0.15) is 17.5 Å². The van der Waals surface area contributed by atoms with E-state index in [4.69, 9.17) is 11.6 Å². The number of halogens is 4. The van der Waals surface area contributed by atoms with Crippen LogP contribution >= 0.6 is 24.4 Å². The molecule has 16 heteroatoms. The van der Waals surface area contributed by atoms with Crippen molar-refractivity contribution < 1.29 is 18.0 Å². The summed E-state index contributed by atoms with van der Waals surface area (Å²) in [6, 6.07) is 8.89. The molecule has 0 radical (unpaired) electrons. The number of aromatic nitrogens is 5. The van der Waals surface area contributed by atoms with Crippen LogP contribution in [-0.4, -0.2) is 45.3 Å². The molecule has 0 atom stereocenters. The summed E-state index contributed by atoms with van der Waals surface area (Å²) in [5.41, 5.74) is 0.0155. The minimum Gasteiger partial charge on any atom is -0.361 e. The van der Waals surface area contributed by atoms with Crippen molar-refractivity contribution in [2.45, 2.75) is 13.1 Å². The maximum atomic E-state index is 13.1. The van der Waals surface area contributed by atoms with E-state index in [1.807, 2.05) is 32.0 Å². The molecule has 3 aromatic heterocycles. The molecule has 204 valence electrons. The third kappa shape index (κ3) is 7.00. The zero-order chi connectivity index (χ0) is 28.3. The van der Waals surface area contributed by atoms with Gasteiger partial charge in [0.05, 0.1) is 28.2 Å². The predicted molar refractivity (Wildman–Crippen MR) is 147 cm³/mol. The highest BCUT2D eigenvalue weighted by atomic mass is 35.5. The van der Waals surface area contributed by atoms with Crippen molar-refractivity contribution in [2.24, 2.45) is 0 Å². The second-order valence-corrected chi connectivity index (χ2v) is 9.15. The van der Waals surface area contributed by atoms with E-state index in [9.17, 15) is 18.0 Å². The Kier molecular flexibility index (Phi) is 8.01. The summed E-state index contributed by atoms with van der Waals surface area (Å²) in [6.45, 7) is 1.81. The van der Waals surface area contributed by atoms with Crippen molar-refractivity contribution in [1.29, 1.82) is 0 Å². The molecule has 4 N–H and O–H groups in total. The van der Waals surface area contributed by atoms with Gasteiger partial charge >= 0.3 is 12.2 Å². The molecule has 0 unspecified atom stereocenters. The number of carbonyl (C=O) groups is 1. The smallest absolute Gasteiger partial charge is 0.361 e. The summed E-state index contributed by atoms with van der Waals surface area (Å²) in [7, 11) is 3.76. The lowest BCUT2D eigenvalue weighted by Crippen LogP contribution is -2.27. The minimum atomic E-state index is -4.69. The summed E-state index contributed by atoms with van der Waals surface area (Å²) in [4.78, 5) is 27.3. The molecule has 0 bridgehead atoms. The molecule has 0 fully saturated rings. The van der Waals surface area contributed by atoms with Crippen molar-refractivity contribution in [3.63, 3.8) is 0 Å². The highest BCUT2D eigenvalue weighted by Crippen LogP contribution is 2.37. The van der Waals surface area contributed by atoms with Gasteiger partial charge in [-0.05, 0) is 37.3 Å². The third-order valence-corrected chi connectivity index (χ3v) is 5.83. The number of hydrogen-bond acceptors (Lipinski definition) is 9. The molecule has 0 aliphatic heterocycles. The van der Waals surface area contributed by atoms with E-state index in [0.29, 0.717) is 29.0 Å². The number of pyridine rings is 1. The van der Waals surface area contributed by atoms with E-state index >= 15 is 0 Å². The number of urea groups is 1. The van der Waals surface area contributed by atoms with Crippen molar-refractivity contribution >= 4 is 71.0 Å². The summed E-state index contributed by atoms with van der Waals surface area (Å²) >= 11 is 9.65. The number of hydrogen-bond donors (Lipinski definition) is 5. The first-order valence-electron chi connectivity index (χ1n) is 11.1. The van der Waals surface area contributed by atoms with Gasteiger partial charge in [0.2, 0.25) is 5.95 Å². The molecular weight excluding hydrogens is 557 g/mol. The second-order valence-electron chi connectivity index (χ2n) is 8.34. The summed E-state index contributed by atoms with van der Waals surface area (Å²) in [6.07, 6.45) is -3.26. The van der Waals surface area contributed by atoms with Gasteiger partial charge in [0.15, 0.2) is 5.82 Å². The van der Waals surface area contributed by atoms with Gasteiger partial charge < -0.3 is 15.5 Å². The monoisotopic (exact) mass is 578 g/mol. The molecule has 0 spiro atoms. The average molecular weight is 579 g/mol. The van der Waals surface area contributed by atoms with E-state index < -0.39 is 22.8 Å². The van der Waals surface area contributed by atoms with Gasteiger partial charge in [-0.2, -0.15) is 23.3 Å². The van der Waals surface area contributed by atoms with Gasteiger partial charge in [0, 0.05) is 31.9 Å². The van der Waals surface area contributed by atoms with Gasteiger partial charge in [-0.1, -0.05) is 24.4 Å². The maximum Gasteiger partial charge on any atom is 0.417 e. The molecule has 1 aromatic carbocycles. The number of anilines is 7. The average Bonchev–Trinajstić information content (AvgIpc) is 3.33. The largest absolute Gasteiger partial charge is 0.417 e. The van der Waals surface area contributed by atoms with Crippen molar-refractivity contribution in [2.75, 3.05) is 39.3 Å². The van der Waals surface area contributed by atoms with E-state index in [1.54, 1.807) is 12.1 Å². The first-order valence-corrected chi connectivity index (χ1v) is 11.9. The number of aryl methyl sites for hydroxylation is 1. The molecule has 11 nitrogen and oxygen atoms in total. The molecule has 0 saturated heterocycles. The van der Waals surface area contributed by atoms with Crippen LogP contribution in [0.3, 0.4) is 0 Å². The molecule has 39 heavy (non-hydrogen) atoms. The fourth-order valence-corrected chi connectivity index (χ4v) is 3.64. The Labute approximate surface area is 231 Å². The Morgan fingerprint density at radius 3 is 2.46 bits per heavy atom. The zero-order valence-electron chi connectivity index (χ0n) is 20.7. The Bertz CT molecular complexity index is 1480. The number of carbonyl (C=O) groups excluding carboxylic acids is 1. The number of nitrogens with one attached hydrogen (secondary N) is 4. The second kappa shape index (κ2) is 11.2. The Morgan fingerprint density at radius 2 is 1.82 bits per heavy atom. The lowest BCUT2D eigenvalue weighted by atomic mass is 10.2. The normalized spacial score (nSPS) is 11.2. The number of H-pyrrole nitrogens is 1. The van der Waals surface area contributed by atoms with Crippen molar-refractivity contribution in [3.05, 3.63) is 64.9 Å². The quantitative estimate of drug-likeness (QED) is 0.169. The topological polar surface area (TPSA) is 127 Å². The lowest BCUT2D eigenvalue weighted by Gasteiger charge is -2.18. The van der Waals surface area contributed by atoms with Crippen LogP contribution in [0.2, 0.25) is 5.02 Å². The van der Waals surface area contributed by atoms with E-state index in [0.717, 1.165) is 22.3 Å². The zero-order valence-corrected chi connectivity index (χ0v) is 22.3. The van der Waals surface area contributed by atoms with Crippen LogP contribution in [0.4, 0.5) is 58.6 Å². The molecule has 0 saturated carbocycles. The number of alkyl halides is 3. The van der Waals surface area contributed by atoms with Gasteiger partial charge in [0.25, 0.3) is 0 Å². The standard InChI is InChI=1S/C23H22ClF3N10OS/c1-12-8-18(31-19-10-20(35-34-19)36(2)3)32-21(29-12)30-13-4-7-17(28-11-13)33-22(38)37(39)14-5-6-16(24)15(9-14)23(25,26)27/h4-11,39H,1-3H3,(H,28,33,38)(H3,29,30,31,32,34,35). The fraction of sp³-hybridized carbons (Fsp3) is 0.174. The van der Waals surface area contributed by atoms with E-state index in [2.05, 4.69) is 53.9 Å². The molecular formula is C23H22ClF3N10OS. The third-order valence-electron chi connectivity index (χ3n) is 5.09. The predicted octanol–water partition coefficient (Wildman–Crippen LogP) is 6.01. The van der Waals surface area contributed by atoms with E-state index in [-0.39, 0.29) is 11.5 Å². The molecule has 2 amide bonds. The minimum absolute atomic E-state index is 0.125. The Hall–Kier alpha value is -4.24. The summed E-state index contributed by atoms with van der Waals surface area (Å²) < 4.78 is 40.1. The number of rotatable bonds is 7. The van der Waals surface area contributed by atoms with Crippen LogP contribution in [0, 0.1) is 6.92 Å². The lowest BCUT2D eigenvalue weighted by molar-refractivity contribution is -0.137. The van der Waals surface area contributed by atoms with Crippen molar-refractivity contribution in [1.82, 2.24) is 25.1 Å². The van der Waals surface area contributed by atoms with Crippen molar-refractivity contribution in [3.8, 4) is 0 Å². The van der Waals surface area contributed by atoms with Crippen LogP contribution in [-0.2, 0) is 6.18 Å². The maximum absolute atomic E-state index is 13.1. The van der Waals surface area contributed by atoms with Gasteiger partial charge in [-0.3, -0.25) is 10.4 Å². The highest BCUT2D eigenvalue weighted by Gasteiger charge is 2.34. The number of benzene rings is 1. The van der Waals surface area contributed by atoms with Crippen LogP contribution in [0.25, 0.3) is 0 Å². The SMILES string of the molecule is Cc1cc(Nc2cc(N(C)C)n[nH]2)nc(Nc2ccc(NC(=O)N(S)c3ccc(Cl)c(C(F)(F)F)c3)nc2)n1. The van der Waals surface area contributed by atoms with Crippen LogP contribution in [0.5, 0.6) is 0 Å². The van der Waals surface area contributed by atoms with Crippen LogP contribution in [0.1, 0.15) is 11.3 Å². The Morgan fingerprint density at radius 1 is 1.05 bits per heavy atom. The summed E-state index contributed by atoms with van der Waals surface area (Å²) in [5, 5.41) is 15.2. The van der Waals surface area contributed by atoms with Crippen LogP contribution in [0.15, 0.2) is 48.7 Å². The fourth-order valence-electron chi connectivity index (χ4n) is 3.24. The Balaban J connectivity index is 1.41. The van der Waals surface area contributed by atoms with Gasteiger partial charge in [-0.15, -0.1) is 0 Å². The molecule has 4 rings (SSSR count).